The highest BCUT2D eigenvalue weighted by atomic mass is 16.2. The minimum absolute atomic E-state index is 0.0403. The van der Waals surface area contributed by atoms with Crippen LogP contribution in [0.15, 0.2) is 42.5 Å². The number of likely N-dealkylation sites (tertiary alicyclic amines) is 3. The number of carbonyl (C=O) groups excluding carboxylic acids is 3. The summed E-state index contributed by atoms with van der Waals surface area (Å²) < 4.78 is 0. The molecule has 2 aromatic rings. The third-order valence-electron chi connectivity index (χ3n) is 11.7. The summed E-state index contributed by atoms with van der Waals surface area (Å²) in [6.07, 6.45) is 9.29. The molecule has 1 unspecified atom stereocenters. The van der Waals surface area contributed by atoms with Gasteiger partial charge in [-0.2, -0.15) is 0 Å². The Balaban J connectivity index is 1.09. The highest BCUT2D eigenvalue weighted by Gasteiger charge is 2.35. The molecule has 2 N–H and O–H groups in total. The maximum atomic E-state index is 14.2. The molecule has 260 valence electrons. The molecule has 4 aliphatic heterocycles. The lowest BCUT2D eigenvalue weighted by Gasteiger charge is -2.41. The molecule has 4 heterocycles. The van der Waals surface area contributed by atoms with Crippen molar-refractivity contribution in [2.45, 2.75) is 90.1 Å². The van der Waals surface area contributed by atoms with E-state index in [4.69, 9.17) is 0 Å². The van der Waals surface area contributed by atoms with Gasteiger partial charge in [-0.1, -0.05) is 50.2 Å². The molecule has 5 amide bonds. The molecule has 0 aliphatic carbocycles. The van der Waals surface area contributed by atoms with Crippen molar-refractivity contribution in [2.75, 3.05) is 58.2 Å². The number of urea groups is 2. The number of rotatable bonds is 8. The van der Waals surface area contributed by atoms with Gasteiger partial charge in [0, 0.05) is 50.9 Å². The smallest absolute Gasteiger partial charge is 0.322 e. The number of amides is 5. The van der Waals surface area contributed by atoms with Crippen molar-refractivity contribution >= 4 is 23.7 Å². The fourth-order valence-corrected chi connectivity index (χ4v) is 8.59. The van der Waals surface area contributed by atoms with Crippen molar-refractivity contribution in [3.8, 4) is 0 Å². The molecule has 3 saturated heterocycles. The summed E-state index contributed by atoms with van der Waals surface area (Å²) in [6.45, 7) is 10.0. The van der Waals surface area contributed by atoms with Crippen LogP contribution in [0.3, 0.4) is 0 Å². The van der Waals surface area contributed by atoms with Gasteiger partial charge in [-0.05, 0) is 118 Å². The summed E-state index contributed by atoms with van der Waals surface area (Å²) in [6, 6.07) is 13.8. The first-order chi connectivity index (χ1) is 23.3. The number of fused-ring (bicyclic) bond motifs is 1. The van der Waals surface area contributed by atoms with Gasteiger partial charge >= 0.3 is 12.1 Å². The number of nitrogens with one attached hydrogen (secondary N) is 2. The Bertz CT molecular complexity index is 1420. The zero-order valence-electron chi connectivity index (χ0n) is 29.4. The number of hydrogen-bond donors (Lipinski definition) is 2. The first-order valence-corrected chi connectivity index (χ1v) is 18.6. The molecule has 0 bridgehead atoms. The van der Waals surface area contributed by atoms with E-state index < -0.39 is 6.04 Å². The monoisotopic (exact) mass is 656 g/mol. The van der Waals surface area contributed by atoms with Crippen LogP contribution in [0.4, 0.5) is 15.3 Å². The Morgan fingerprint density at radius 1 is 0.812 bits per heavy atom. The molecular weight excluding hydrogens is 600 g/mol. The van der Waals surface area contributed by atoms with Crippen LogP contribution >= 0.6 is 0 Å². The first-order valence-electron chi connectivity index (χ1n) is 18.6. The molecule has 48 heavy (non-hydrogen) atoms. The fraction of sp³-hybridized carbons (Fsp3) is 0.615. The van der Waals surface area contributed by atoms with E-state index in [0.717, 1.165) is 80.8 Å². The number of benzene rings is 2. The van der Waals surface area contributed by atoms with Gasteiger partial charge in [0.2, 0.25) is 5.91 Å². The Labute approximate surface area is 287 Å². The lowest BCUT2D eigenvalue weighted by Crippen LogP contribution is -2.57. The second-order valence-corrected chi connectivity index (χ2v) is 14.6. The molecular formula is C39H56N6O3. The summed E-state index contributed by atoms with van der Waals surface area (Å²) in [5, 5.41) is 6.29. The van der Waals surface area contributed by atoms with E-state index >= 15 is 0 Å². The van der Waals surface area contributed by atoms with Crippen LogP contribution in [0, 0.1) is 11.8 Å². The Hall–Kier alpha value is -3.59. The van der Waals surface area contributed by atoms with Gasteiger partial charge < -0.3 is 30.2 Å². The molecule has 3 fully saturated rings. The molecule has 2 aromatic carbocycles. The minimum Gasteiger partial charge on any atom is -0.341 e. The van der Waals surface area contributed by atoms with Gasteiger partial charge in [-0.3, -0.25) is 4.79 Å². The maximum absolute atomic E-state index is 14.2. The zero-order valence-corrected chi connectivity index (χ0v) is 29.4. The Morgan fingerprint density at radius 2 is 1.46 bits per heavy atom. The summed E-state index contributed by atoms with van der Waals surface area (Å²) >= 11 is 0. The van der Waals surface area contributed by atoms with Gasteiger partial charge in [-0.25, -0.2) is 9.59 Å². The number of nitrogens with zero attached hydrogens (tertiary/aromatic N) is 4. The van der Waals surface area contributed by atoms with Crippen molar-refractivity contribution in [2.24, 2.45) is 11.8 Å². The van der Waals surface area contributed by atoms with Crippen molar-refractivity contribution in [1.82, 2.24) is 24.9 Å². The molecule has 9 nitrogen and oxygen atoms in total. The van der Waals surface area contributed by atoms with Crippen molar-refractivity contribution < 1.29 is 14.4 Å². The minimum atomic E-state index is -0.609. The van der Waals surface area contributed by atoms with Crippen LogP contribution in [0.5, 0.6) is 0 Å². The fourth-order valence-electron chi connectivity index (χ4n) is 8.59. The van der Waals surface area contributed by atoms with Crippen LogP contribution in [0.1, 0.15) is 74.6 Å². The molecule has 0 saturated carbocycles. The van der Waals surface area contributed by atoms with Gasteiger partial charge in [0.1, 0.15) is 6.04 Å². The number of carbonyl (C=O) groups is 3. The maximum Gasteiger partial charge on any atom is 0.322 e. The van der Waals surface area contributed by atoms with Crippen molar-refractivity contribution in [3.63, 3.8) is 0 Å². The Morgan fingerprint density at radius 3 is 2.15 bits per heavy atom. The number of para-hydroxylation sites is 1. The van der Waals surface area contributed by atoms with E-state index in [0.29, 0.717) is 32.0 Å². The molecule has 9 heteroatoms. The average molecular weight is 657 g/mol. The van der Waals surface area contributed by atoms with Crippen molar-refractivity contribution in [1.29, 1.82) is 0 Å². The second kappa shape index (κ2) is 15.7. The quantitative estimate of drug-likeness (QED) is 0.389. The molecule has 0 spiro atoms. The number of anilines is 1. The van der Waals surface area contributed by atoms with Gasteiger partial charge in [0.05, 0.1) is 0 Å². The van der Waals surface area contributed by atoms with Crippen LogP contribution in [0.2, 0.25) is 0 Å². The van der Waals surface area contributed by atoms with E-state index in [2.05, 4.69) is 60.7 Å². The largest absolute Gasteiger partial charge is 0.341 e. The van der Waals surface area contributed by atoms with E-state index in [-0.39, 0.29) is 24.0 Å². The van der Waals surface area contributed by atoms with E-state index in [1.807, 2.05) is 32.9 Å². The molecule has 6 rings (SSSR count). The highest BCUT2D eigenvalue weighted by Crippen LogP contribution is 2.32. The van der Waals surface area contributed by atoms with Crippen molar-refractivity contribution in [3.05, 3.63) is 64.7 Å². The van der Waals surface area contributed by atoms with Gasteiger partial charge in [-0.15, -0.1) is 0 Å². The number of hydrogen-bond acceptors (Lipinski definition) is 4. The number of aryl methyl sites for hydroxylation is 2. The summed E-state index contributed by atoms with van der Waals surface area (Å²) in [7, 11) is 2.21. The van der Waals surface area contributed by atoms with E-state index in [1.165, 1.54) is 37.1 Å². The highest BCUT2D eigenvalue weighted by molar-refractivity contribution is 5.91. The summed E-state index contributed by atoms with van der Waals surface area (Å²) in [5.74, 6) is 1.49. The van der Waals surface area contributed by atoms with E-state index in [9.17, 15) is 14.4 Å². The third kappa shape index (κ3) is 7.99. The van der Waals surface area contributed by atoms with Crippen LogP contribution in [-0.2, 0) is 30.5 Å². The van der Waals surface area contributed by atoms with Crippen LogP contribution < -0.4 is 10.6 Å². The third-order valence-corrected chi connectivity index (χ3v) is 11.7. The second-order valence-electron chi connectivity index (χ2n) is 14.6. The Kier molecular flexibility index (Phi) is 11.2. The molecule has 4 aliphatic rings. The van der Waals surface area contributed by atoms with E-state index in [1.54, 1.807) is 0 Å². The predicted molar refractivity (Wildman–Crippen MR) is 191 cm³/mol. The first kappa shape index (κ1) is 34.3. The normalized spacial score (nSPS) is 21.0. The predicted octanol–water partition coefficient (Wildman–Crippen LogP) is 5.57. The number of piperidine rings is 3. The van der Waals surface area contributed by atoms with Gasteiger partial charge in [0.15, 0.2) is 0 Å². The average Bonchev–Trinajstić information content (AvgIpc) is 3.29. The van der Waals surface area contributed by atoms with Crippen LogP contribution in [0.25, 0.3) is 0 Å². The zero-order chi connectivity index (χ0) is 33.6. The van der Waals surface area contributed by atoms with Crippen LogP contribution in [-0.4, -0.2) is 103 Å². The SMILES string of the molecule is CCc1ccc(CC(NC(=O)N2CCC(N3CCc4ccccc4NC3=O)CC2)C(=O)N2CCC(C3CCN(C)CC3)CC2)cc1CC. The topological polar surface area (TPSA) is 88.2 Å². The summed E-state index contributed by atoms with van der Waals surface area (Å²) in [4.78, 5) is 49.3. The molecule has 0 radical (unpaired) electrons. The summed E-state index contributed by atoms with van der Waals surface area (Å²) in [5.41, 5.74) is 5.79. The lowest BCUT2D eigenvalue weighted by molar-refractivity contribution is -0.135. The standard InChI is InChI=1S/C39H56N6O3/c1-4-29-11-10-28(26-30(29)5-2)27-36(37(46)43-21-14-32(15-22-43)31-12-19-42(3)20-13-31)41-38(47)44-23-17-34(18-24-44)45-25-16-33-8-6-7-9-35(33)40-39(45)48/h6-11,26,31-32,34,36H,4-5,12-25,27H2,1-3H3,(H,40,48)(H,41,47). The lowest BCUT2D eigenvalue weighted by atomic mass is 9.79. The molecule has 1 atom stereocenters. The molecule has 0 aromatic heterocycles. The van der Waals surface area contributed by atoms with Gasteiger partial charge in [0.25, 0.3) is 0 Å².